The Hall–Kier alpha value is -0.120. The molecule has 0 saturated carbocycles. The van der Waals surface area contributed by atoms with Crippen LogP contribution in [0.4, 0.5) is 0 Å². The largest absolute Gasteiger partial charge is 0.381 e. The highest BCUT2D eigenvalue weighted by atomic mass is 16.5. The van der Waals surface area contributed by atoms with Crippen molar-refractivity contribution in [2.75, 3.05) is 26.4 Å². The van der Waals surface area contributed by atoms with Gasteiger partial charge in [0.2, 0.25) is 0 Å². The van der Waals surface area contributed by atoms with E-state index in [4.69, 9.17) is 9.47 Å². The second-order valence-corrected chi connectivity index (χ2v) is 5.32. The first-order chi connectivity index (χ1) is 8.22. The molecule has 102 valence electrons. The third-order valence-electron chi connectivity index (χ3n) is 3.27. The lowest BCUT2D eigenvalue weighted by Crippen LogP contribution is -2.37. The van der Waals surface area contributed by atoms with E-state index in [1.807, 2.05) is 0 Å². The summed E-state index contributed by atoms with van der Waals surface area (Å²) >= 11 is 0. The molecule has 0 aromatic carbocycles. The van der Waals surface area contributed by atoms with Crippen LogP contribution in [0.3, 0.4) is 0 Å². The Balaban J connectivity index is 2.27. The molecule has 1 unspecified atom stereocenters. The number of hydrogen-bond acceptors (Lipinski definition) is 3. The van der Waals surface area contributed by atoms with Gasteiger partial charge in [-0.1, -0.05) is 6.92 Å². The smallest absolute Gasteiger partial charge is 0.0623 e. The van der Waals surface area contributed by atoms with Crippen LogP contribution in [0.25, 0.3) is 0 Å². The Morgan fingerprint density at radius 2 is 2.00 bits per heavy atom. The highest BCUT2D eigenvalue weighted by molar-refractivity contribution is 4.74. The Kier molecular flexibility index (Phi) is 7.82. The van der Waals surface area contributed by atoms with Crippen LogP contribution in [-0.2, 0) is 9.47 Å². The molecule has 1 N–H and O–H groups in total. The van der Waals surface area contributed by atoms with Gasteiger partial charge >= 0.3 is 0 Å². The molecule has 3 nitrogen and oxygen atoms in total. The molecule has 1 fully saturated rings. The third-order valence-corrected chi connectivity index (χ3v) is 3.27. The van der Waals surface area contributed by atoms with Crippen molar-refractivity contribution in [1.82, 2.24) is 5.32 Å². The van der Waals surface area contributed by atoms with Crippen LogP contribution in [0.2, 0.25) is 0 Å². The second-order valence-electron chi connectivity index (χ2n) is 5.32. The molecule has 1 aliphatic heterocycles. The Morgan fingerprint density at radius 1 is 1.29 bits per heavy atom. The van der Waals surface area contributed by atoms with E-state index in [2.05, 4.69) is 26.1 Å². The van der Waals surface area contributed by atoms with Gasteiger partial charge in [-0.25, -0.2) is 0 Å². The first-order valence-corrected chi connectivity index (χ1v) is 7.15. The van der Waals surface area contributed by atoms with E-state index in [-0.39, 0.29) is 0 Å². The van der Waals surface area contributed by atoms with E-state index in [1.165, 1.54) is 25.7 Å². The normalized spacial score (nSPS) is 19.8. The van der Waals surface area contributed by atoms with Crippen LogP contribution < -0.4 is 5.32 Å². The third kappa shape index (κ3) is 7.02. The van der Waals surface area contributed by atoms with E-state index >= 15 is 0 Å². The quantitative estimate of drug-likeness (QED) is 0.711. The average Bonchev–Trinajstić information content (AvgIpc) is 2.34. The van der Waals surface area contributed by atoms with Gasteiger partial charge in [-0.2, -0.15) is 0 Å². The minimum absolute atomic E-state index is 0.329. The minimum atomic E-state index is 0.329. The van der Waals surface area contributed by atoms with Crippen molar-refractivity contribution in [2.24, 2.45) is 5.92 Å². The first-order valence-electron chi connectivity index (χ1n) is 7.15. The molecule has 1 rings (SSSR count). The fourth-order valence-electron chi connectivity index (χ4n) is 2.25. The molecular weight excluding hydrogens is 214 g/mol. The van der Waals surface area contributed by atoms with Crippen LogP contribution in [-0.4, -0.2) is 38.5 Å². The van der Waals surface area contributed by atoms with Crippen LogP contribution in [0.1, 0.15) is 46.5 Å². The van der Waals surface area contributed by atoms with Gasteiger partial charge in [0.1, 0.15) is 0 Å². The highest BCUT2D eigenvalue weighted by Crippen LogP contribution is 2.20. The Labute approximate surface area is 106 Å². The van der Waals surface area contributed by atoms with Crippen molar-refractivity contribution in [1.29, 1.82) is 0 Å². The van der Waals surface area contributed by atoms with Gasteiger partial charge in [0.15, 0.2) is 0 Å². The lowest BCUT2D eigenvalue weighted by molar-refractivity contribution is 0.0361. The Bertz CT molecular complexity index is 179. The van der Waals surface area contributed by atoms with Gasteiger partial charge in [0.05, 0.1) is 12.7 Å². The summed E-state index contributed by atoms with van der Waals surface area (Å²) in [6.45, 7) is 10.2. The van der Waals surface area contributed by atoms with Crippen LogP contribution in [0.5, 0.6) is 0 Å². The summed E-state index contributed by atoms with van der Waals surface area (Å²) in [5, 5.41) is 3.61. The molecule has 1 aliphatic rings. The number of nitrogens with one attached hydrogen (secondary N) is 1. The monoisotopic (exact) mass is 243 g/mol. The summed E-state index contributed by atoms with van der Waals surface area (Å²) in [5.41, 5.74) is 0. The Morgan fingerprint density at radius 3 is 2.59 bits per heavy atom. The molecule has 0 spiro atoms. The van der Waals surface area contributed by atoms with E-state index in [0.717, 1.165) is 32.3 Å². The number of ether oxygens (including phenoxy) is 2. The fraction of sp³-hybridized carbons (Fsp3) is 1.00. The molecular formula is C14H29NO2. The predicted molar refractivity (Wildman–Crippen MR) is 71.3 cm³/mol. The topological polar surface area (TPSA) is 30.5 Å². The zero-order valence-electron chi connectivity index (χ0n) is 11.7. The standard InChI is InChI=1S/C14H29NO2/c1-4-7-15-14(11-17-12(2)3)10-13-5-8-16-9-6-13/h12-15H,4-11H2,1-3H3. The van der Waals surface area contributed by atoms with Crippen molar-refractivity contribution in [3.8, 4) is 0 Å². The molecule has 1 atom stereocenters. The summed E-state index contributed by atoms with van der Waals surface area (Å²) in [6.07, 6.45) is 5.18. The van der Waals surface area contributed by atoms with Gasteiger partial charge < -0.3 is 14.8 Å². The van der Waals surface area contributed by atoms with Gasteiger partial charge in [0.25, 0.3) is 0 Å². The minimum Gasteiger partial charge on any atom is -0.381 e. The lowest BCUT2D eigenvalue weighted by Gasteiger charge is -2.27. The maximum Gasteiger partial charge on any atom is 0.0623 e. The summed E-state index contributed by atoms with van der Waals surface area (Å²) in [4.78, 5) is 0. The van der Waals surface area contributed by atoms with E-state index in [1.54, 1.807) is 0 Å². The van der Waals surface area contributed by atoms with Gasteiger partial charge in [-0.3, -0.25) is 0 Å². The van der Waals surface area contributed by atoms with Crippen LogP contribution in [0, 0.1) is 5.92 Å². The summed E-state index contributed by atoms with van der Waals surface area (Å²) in [6, 6.07) is 0.514. The van der Waals surface area contributed by atoms with Crippen molar-refractivity contribution < 1.29 is 9.47 Å². The maximum atomic E-state index is 5.75. The van der Waals surface area contributed by atoms with Crippen molar-refractivity contribution >= 4 is 0 Å². The fourth-order valence-corrected chi connectivity index (χ4v) is 2.25. The molecule has 0 aliphatic carbocycles. The zero-order valence-corrected chi connectivity index (χ0v) is 11.7. The summed E-state index contributed by atoms with van der Waals surface area (Å²) in [7, 11) is 0. The number of rotatable bonds is 8. The predicted octanol–water partition coefficient (Wildman–Crippen LogP) is 2.60. The van der Waals surface area contributed by atoms with Gasteiger partial charge in [-0.15, -0.1) is 0 Å². The molecule has 1 heterocycles. The lowest BCUT2D eigenvalue weighted by atomic mass is 9.92. The molecule has 1 saturated heterocycles. The highest BCUT2D eigenvalue weighted by Gasteiger charge is 2.19. The SMILES string of the molecule is CCCNC(COC(C)C)CC1CCOCC1. The van der Waals surface area contributed by atoms with E-state index in [0.29, 0.717) is 12.1 Å². The zero-order chi connectivity index (χ0) is 12.5. The first kappa shape index (κ1) is 14.9. The molecule has 3 heteroatoms. The molecule has 0 bridgehead atoms. The van der Waals surface area contributed by atoms with Crippen molar-refractivity contribution in [3.63, 3.8) is 0 Å². The van der Waals surface area contributed by atoms with Crippen molar-refractivity contribution in [3.05, 3.63) is 0 Å². The maximum absolute atomic E-state index is 5.75. The van der Waals surface area contributed by atoms with E-state index in [9.17, 15) is 0 Å². The summed E-state index contributed by atoms with van der Waals surface area (Å²) < 4.78 is 11.2. The second kappa shape index (κ2) is 8.90. The molecule has 0 aromatic heterocycles. The van der Waals surface area contributed by atoms with Gasteiger partial charge in [-0.05, 0) is 52.0 Å². The van der Waals surface area contributed by atoms with Crippen LogP contribution >= 0.6 is 0 Å². The van der Waals surface area contributed by atoms with Crippen molar-refractivity contribution in [2.45, 2.75) is 58.6 Å². The van der Waals surface area contributed by atoms with Gasteiger partial charge in [0, 0.05) is 19.3 Å². The molecule has 17 heavy (non-hydrogen) atoms. The molecule has 0 radical (unpaired) electrons. The average molecular weight is 243 g/mol. The molecule has 0 amide bonds. The molecule has 0 aromatic rings. The number of hydrogen-bond donors (Lipinski definition) is 1. The van der Waals surface area contributed by atoms with E-state index < -0.39 is 0 Å². The summed E-state index contributed by atoms with van der Waals surface area (Å²) in [5.74, 6) is 0.814. The van der Waals surface area contributed by atoms with Crippen LogP contribution in [0.15, 0.2) is 0 Å².